The van der Waals surface area contributed by atoms with Gasteiger partial charge in [0.05, 0.1) is 16.4 Å². The molecule has 2 amide bonds. The van der Waals surface area contributed by atoms with Crippen molar-refractivity contribution in [2.45, 2.75) is 76.3 Å². The highest BCUT2D eigenvalue weighted by atomic mass is 16.8. The molecule has 0 saturated heterocycles. The van der Waals surface area contributed by atoms with Gasteiger partial charge in [-0.3, -0.25) is 18.8 Å². The average molecular weight is 461 g/mol. The van der Waals surface area contributed by atoms with Crippen LogP contribution in [0.2, 0.25) is 0 Å². The number of nitrogens with one attached hydrogen (secondary N) is 1. The van der Waals surface area contributed by atoms with Crippen molar-refractivity contribution in [3.05, 3.63) is 21.8 Å². The Kier molecular flexibility index (Phi) is 6.95. The van der Waals surface area contributed by atoms with Crippen molar-refractivity contribution >= 4 is 23.5 Å². The first-order valence-corrected chi connectivity index (χ1v) is 10.9. The van der Waals surface area contributed by atoms with Gasteiger partial charge >= 0.3 is 34.8 Å². The molecule has 4 rings (SSSR count). The van der Waals surface area contributed by atoms with E-state index in [2.05, 4.69) is 45.3 Å². The summed E-state index contributed by atoms with van der Waals surface area (Å²) in [5, 5.41) is 48.2. The second-order valence-electron chi connectivity index (χ2n) is 8.03. The summed E-state index contributed by atoms with van der Waals surface area (Å²) in [7, 11) is 0. The third-order valence-corrected chi connectivity index (χ3v) is 5.68. The van der Waals surface area contributed by atoms with E-state index in [1.807, 2.05) is 0 Å². The van der Waals surface area contributed by atoms with Crippen LogP contribution in [0.5, 0.6) is 0 Å². The predicted molar refractivity (Wildman–Crippen MR) is 106 cm³/mol. The zero-order chi connectivity index (χ0) is 23.2. The van der Waals surface area contributed by atoms with E-state index in [4.69, 9.17) is 0 Å². The van der Waals surface area contributed by atoms with Crippen LogP contribution in [0.25, 0.3) is 0 Å². The van der Waals surface area contributed by atoms with Gasteiger partial charge in [0.15, 0.2) is 0 Å². The molecule has 2 fully saturated rings. The number of hydrogen-bond donors (Lipinski definition) is 1. The fourth-order valence-electron chi connectivity index (χ4n) is 3.95. The summed E-state index contributed by atoms with van der Waals surface area (Å²) in [6.45, 7) is 0. The molecular weight excluding hydrogens is 438 g/mol. The SMILES string of the molecule is O=C(N=NC1CCCCC1)c1c(N=Nc2no[n+]([O-])c2C(=O)NC2CCCCC2)no[n+]1[O-]. The molecule has 0 unspecified atom stereocenters. The number of carbonyl (C=O) groups excluding carboxylic acids is 2. The summed E-state index contributed by atoms with van der Waals surface area (Å²) in [4.78, 5) is 24.7. The lowest BCUT2D eigenvalue weighted by atomic mass is 9.95. The van der Waals surface area contributed by atoms with E-state index in [1.54, 1.807) is 0 Å². The minimum atomic E-state index is -1.000. The van der Waals surface area contributed by atoms with Gasteiger partial charge in [0.2, 0.25) is 0 Å². The van der Waals surface area contributed by atoms with Gasteiger partial charge in [0.25, 0.3) is 0 Å². The Morgan fingerprint density at radius 2 is 1.39 bits per heavy atom. The summed E-state index contributed by atoms with van der Waals surface area (Å²) in [6, 6.07) is -0.153. The van der Waals surface area contributed by atoms with E-state index < -0.39 is 34.8 Å². The summed E-state index contributed by atoms with van der Waals surface area (Å²) >= 11 is 0. The first-order valence-electron chi connectivity index (χ1n) is 10.9. The molecular formula is C18H23N9O6. The van der Waals surface area contributed by atoms with E-state index in [9.17, 15) is 20.0 Å². The third-order valence-electron chi connectivity index (χ3n) is 5.68. The molecule has 2 aliphatic carbocycles. The molecule has 0 aromatic carbocycles. The molecule has 0 radical (unpaired) electrons. The van der Waals surface area contributed by atoms with E-state index in [1.165, 1.54) is 0 Å². The first kappa shape index (κ1) is 22.4. The Morgan fingerprint density at radius 1 is 0.848 bits per heavy atom. The lowest BCUT2D eigenvalue weighted by Crippen LogP contribution is -2.42. The van der Waals surface area contributed by atoms with Crippen LogP contribution in [0.1, 0.15) is 85.2 Å². The molecule has 15 heteroatoms. The van der Waals surface area contributed by atoms with Crippen LogP contribution < -0.4 is 15.1 Å². The maximum atomic E-state index is 12.5. The van der Waals surface area contributed by atoms with E-state index >= 15 is 0 Å². The predicted octanol–water partition coefficient (Wildman–Crippen LogP) is 2.33. The smallest absolute Gasteiger partial charge is 0.359 e. The maximum absolute atomic E-state index is 12.5. The van der Waals surface area contributed by atoms with Crippen LogP contribution in [0.15, 0.2) is 29.7 Å². The molecule has 0 bridgehead atoms. The number of rotatable bonds is 6. The minimum absolute atomic E-state index is 0.0698. The van der Waals surface area contributed by atoms with Crippen LogP contribution in [-0.2, 0) is 0 Å². The van der Waals surface area contributed by atoms with Crippen LogP contribution in [0, 0.1) is 10.4 Å². The van der Waals surface area contributed by atoms with Gasteiger partial charge in [0.1, 0.15) is 0 Å². The molecule has 0 spiro atoms. The minimum Gasteiger partial charge on any atom is -0.359 e. The van der Waals surface area contributed by atoms with Gasteiger partial charge in [0, 0.05) is 6.04 Å². The third kappa shape index (κ3) is 5.35. The van der Waals surface area contributed by atoms with Gasteiger partial charge in [-0.1, -0.05) is 48.8 Å². The van der Waals surface area contributed by atoms with Crippen LogP contribution in [0.3, 0.4) is 0 Å². The van der Waals surface area contributed by atoms with Gasteiger partial charge in [-0.15, -0.1) is 5.11 Å². The summed E-state index contributed by atoms with van der Waals surface area (Å²) in [5.74, 6) is -2.67. The fourth-order valence-corrected chi connectivity index (χ4v) is 3.95. The Hall–Kier alpha value is -3.78. The number of amides is 2. The monoisotopic (exact) mass is 461 g/mol. The Morgan fingerprint density at radius 3 is 2.03 bits per heavy atom. The summed E-state index contributed by atoms with van der Waals surface area (Å²) < 4.78 is 8.89. The highest BCUT2D eigenvalue weighted by Gasteiger charge is 2.31. The van der Waals surface area contributed by atoms with Gasteiger partial charge < -0.3 is 15.7 Å². The molecule has 0 atom stereocenters. The molecule has 2 aliphatic rings. The molecule has 33 heavy (non-hydrogen) atoms. The van der Waals surface area contributed by atoms with E-state index in [0.29, 0.717) is 0 Å². The molecule has 2 aromatic heterocycles. The van der Waals surface area contributed by atoms with Gasteiger partial charge in [-0.05, 0) is 35.5 Å². The second kappa shape index (κ2) is 10.2. The summed E-state index contributed by atoms with van der Waals surface area (Å²) in [6.07, 6.45) is 9.41. The molecule has 2 aromatic rings. The van der Waals surface area contributed by atoms with E-state index in [0.717, 1.165) is 64.2 Å². The van der Waals surface area contributed by atoms with Crippen molar-refractivity contribution in [3.63, 3.8) is 0 Å². The number of carbonyl (C=O) groups is 2. The number of aromatic nitrogens is 4. The zero-order valence-electron chi connectivity index (χ0n) is 17.8. The molecule has 0 aliphatic heterocycles. The quantitative estimate of drug-likeness (QED) is 0.498. The second-order valence-corrected chi connectivity index (χ2v) is 8.03. The molecule has 2 saturated carbocycles. The first-order chi connectivity index (χ1) is 16.0. The van der Waals surface area contributed by atoms with Crippen molar-refractivity contribution in [1.29, 1.82) is 0 Å². The average Bonchev–Trinajstić information content (AvgIpc) is 3.39. The van der Waals surface area contributed by atoms with Crippen LogP contribution >= 0.6 is 0 Å². The largest absolute Gasteiger partial charge is 0.365 e. The standard InChI is InChI=1S/C18H23N9O6/c28-17(19-11-7-3-1-4-8-11)13-15(24-32-26(13)30)21-22-16-14(27(31)33-25-16)18(29)23-20-12-9-5-2-6-10-12/h11-12H,1-10H2,(H,19,28). The number of nitrogens with zero attached hydrogens (tertiary/aromatic N) is 8. The van der Waals surface area contributed by atoms with Gasteiger partial charge in [-0.25, -0.2) is 0 Å². The van der Waals surface area contributed by atoms with Crippen molar-refractivity contribution in [2.75, 3.05) is 0 Å². The van der Waals surface area contributed by atoms with Crippen molar-refractivity contribution in [2.24, 2.45) is 20.5 Å². The topological polar surface area (TPSA) is 202 Å². The zero-order valence-corrected chi connectivity index (χ0v) is 17.8. The fraction of sp³-hybridized carbons (Fsp3) is 0.667. The lowest BCUT2D eigenvalue weighted by Gasteiger charge is -2.21. The highest BCUT2D eigenvalue weighted by molar-refractivity contribution is 5.95. The Balaban J connectivity index is 1.49. The lowest BCUT2D eigenvalue weighted by molar-refractivity contribution is -0.803. The van der Waals surface area contributed by atoms with E-state index in [-0.39, 0.29) is 21.9 Å². The Labute approximate surface area is 187 Å². The van der Waals surface area contributed by atoms with Crippen LogP contribution in [-0.4, -0.2) is 34.2 Å². The van der Waals surface area contributed by atoms with Crippen molar-refractivity contribution in [3.8, 4) is 0 Å². The Bertz CT molecular complexity index is 1050. The number of hydrogen-bond acceptors (Lipinski definition) is 11. The maximum Gasteiger partial charge on any atom is 0.365 e. The molecule has 176 valence electrons. The molecule has 1 N–H and O–H groups in total. The normalized spacial score (nSPS) is 18.3. The number of azo groups is 2. The van der Waals surface area contributed by atoms with Gasteiger partial charge in [-0.2, -0.15) is 5.11 Å². The van der Waals surface area contributed by atoms with Crippen molar-refractivity contribution in [1.82, 2.24) is 15.6 Å². The summed E-state index contributed by atoms with van der Waals surface area (Å²) in [5.41, 5.74) is -1.14. The molecule has 15 nitrogen and oxygen atoms in total. The van der Waals surface area contributed by atoms with Crippen molar-refractivity contribution < 1.29 is 28.7 Å². The highest BCUT2D eigenvalue weighted by Crippen LogP contribution is 2.23. The van der Waals surface area contributed by atoms with Crippen LogP contribution in [0.4, 0.5) is 11.6 Å². The molecule has 2 heterocycles.